The number of benzene rings is 1. The predicted octanol–water partition coefficient (Wildman–Crippen LogP) is 3.16. The first-order chi connectivity index (χ1) is 6.74. The van der Waals surface area contributed by atoms with E-state index in [2.05, 4.69) is 30.5 Å². The summed E-state index contributed by atoms with van der Waals surface area (Å²) in [6.07, 6.45) is 2.14. The summed E-state index contributed by atoms with van der Waals surface area (Å²) in [7, 11) is 0. The molecule has 0 spiro atoms. The molecule has 0 amide bonds. The average molecular weight is 227 g/mol. The van der Waals surface area contributed by atoms with E-state index in [1.54, 1.807) is 0 Å². The molecular weight excluding hydrogens is 210 g/mol. The molecule has 0 fully saturated rings. The van der Waals surface area contributed by atoms with Crippen LogP contribution in [0.25, 0.3) is 0 Å². The minimum atomic E-state index is 0.135. The SMILES string of the molecule is CSCCSc1cccc(C(C)N)c1. The molecule has 1 nitrogen and oxygen atoms in total. The lowest BCUT2D eigenvalue weighted by molar-refractivity contribution is 0.815. The zero-order valence-corrected chi connectivity index (χ0v) is 10.3. The standard InChI is InChI=1S/C11H17NS2/c1-9(12)10-4-3-5-11(8-10)14-7-6-13-2/h3-5,8-9H,6-7,12H2,1-2H3. The van der Waals surface area contributed by atoms with Crippen LogP contribution in [0.4, 0.5) is 0 Å². The number of thioether (sulfide) groups is 2. The van der Waals surface area contributed by atoms with Gasteiger partial charge in [0.05, 0.1) is 0 Å². The van der Waals surface area contributed by atoms with E-state index in [0.29, 0.717) is 0 Å². The monoisotopic (exact) mass is 227 g/mol. The molecule has 0 saturated heterocycles. The van der Waals surface area contributed by atoms with Gasteiger partial charge < -0.3 is 5.73 Å². The Bertz CT molecular complexity index is 274. The van der Waals surface area contributed by atoms with Gasteiger partial charge in [0.25, 0.3) is 0 Å². The van der Waals surface area contributed by atoms with Gasteiger partial charge in [-0.2, -0.15) is 11.8 Å². The van der Waals surface area contributed by atoms with E-state index in [1.807, 2.05) is 30.4 Å². The van der Waals surface area contributed by atoms with Gasteiger partial charge in [-0.3, -0.25) is 0 Å². The van der Waals surface area contributed by atoms with Crippen molar-refractivity contribution in [3.8, 4) is 0 Å². The molecule has 1 aromatic rings. The van der Waals surface area contributed by atoms with Crippen molar-refractivity contribution >= 4 is 23.5 Å². The zero-order chi connectivity index (χ0) is 10.4. The fraction of sp³-hybridized carbons (Fsp3) is 0.455. The molecule has 1 unspecified atom stereocenters. The molecule has 0 aliphatic rings. The number of rotatable bonds is 5. The largest absolute Gasteiger partial charge is 0.324 e. The lowest BCUT2D eigenvalue weighted by Crippen LogP contribution is -2.04. The molecule has 78 valence electrons. The Hall–Kier alpha value is -0.120. The lowest BCUT2D eigenvalue weighted by Gasteiger charge is -2.07. The van der Waals surface area contributed by atoms with Crippen LogP contribution in [0.2, 0.25) is 0 Å². The first kappa shape index (κ1) is 12.0. The maximum atomic E-state index is 5.82. The third-order valence-corrected chi connectivity index (χ3v) is 3.81. The summed E-state index contributed by atoms with van der Waals surface area (Å²) in [5.41, 5.74) is 7.05. The van der Waals surface area contributed by atoms with Crippen molar-refractivity contribution in [2.75, 3.05) is 17.8 Å². The minimum absolute atomic E-state index is 0.135. The van der Waals surface area contributed by atoms with Crippen LogP contribution < -0.4 is 5.73 Å². The van der Waals surface area contributed by atoms with Gasteiger partial charge in [0, 0.05) is 22.4 Å². The van der Waals surface area contributed by atoms with E-state index in [0.717, 1.165) is 0 Å². The Balaban J connectivity index is 2.55. The molecule has 0 aliphatic heterocycles. The van der Waals surface area contributed by atoms with Crippen molar-refractivity contribution in [3.05, 3.63) is 29.8 Å². The molecule has 14 heavy (non-hydrogen) atoms. The summed E-state index contributed by atoms with van der Waals surface area (Å²) in [5, 5.41) is 0. The van der Waals surface area contributed by atoms with Gasteiger partial charge in [-0.1, -0.05) is 12.1 Å². The van der Waals surface area contributed by atoms with Gasteiger partial charge in [-0.05, 0) is 30.9 Å². The summed E-state index contributed by atoms with van der Waals surface area (Å²) >= 11 is 3.79. The lowest BCUT2D eigenvalue weighted by atomic mass is 10.1. The van der Waals surface area contributed by atoms with Crippen molar-refractivity contribution in [1.82, 2.24) is 0 Å². The fourth-order valence-corrected chi connectivity index (χ4v) is 2.76. The fourth-order valence-electron chi connectivity index (χ4n) is 1.13. The van der Waals surface area contributed by atoms with Crippen molar-refractivity contribution in [2.24, 2.45) is 5.73 Å². The van der Waals surface area contributed by atoms with Crippen molar-refractivity contribution < 1.29 is 0 Å². The minimum Gasteiger partial charge on any atom is -0.324 e. The smallest absolute Gasteiger partial charge is 0.0266 e. The van der Waals surface area contributed by atoms with E-state index in [9.17, 15) is 0 Å². The van der Waals surface area contributed by atoms with Crippen LogP contribution >= 0.6 is 23.5 Å². The molecule has 1 aromatic carbocycles. The Kier molecular flexibility index (Phi) is 5.45. The molecule has 0 aliphatic carbocycles. The molecular formula is C11H17NS2. The van der Waals surface area contributed by atoms with Crippen molar-refractivity contribution in [3.63, 3.8) is 0 Å². The third kappa shape index (κ3) is 3.95. The normalized spacial score (nSPS) is 12.8. The van der Waals surface area contributed by atoms with E-state index in [4.69, 9.17) is 5.73 Å². The number of nitrogens with two attached hydrogens (primary N) is 1. The summed E-state index contributed by atoms with van der Waals surface area (Å²) in [6.45, 7) is 2.02. The molecule has 0 radical (unpaired) electrons. The Morgan fingerprint density at radius 1 is 1.36 bits per heavy atom. The first-order valence-corrected chi connectivity index (χ1v) is 7.09. The molecule has 1 atom stereocenters. The topological polar surface area (TPSA) is 26.0 Å². The van der Waals surface area contributed by atoms with Crippen LogP contribution in [0.1, 0.15) is 18.5 Å². The number of hydrogen-bond acceptors (Lipinski definition) is 3. The first-order valence-electron chi connectivity index (χ1n) is 4.71. The second-order valence-corrected chi connectivity index (χ2v) is 5.36. The Morgan fingerprint density at radius 3 is 2.79 bits per heavy atom. The van der Waals surface area contributed by atoms with Crippen LogP contribution in [-0.2, 0) is 0 Å². The van der Waals surface area contributed by atoms with Crippen molar-refractivity contribution in [1.29, 1.82) is 0 Å². The Labute approximate surface area is 94.8 Å². The van der Waals surface area contributed by atoms with Crippen LogP contribution in [-0.4, -0.2) is 17.8 Å². The van der Waals surface area contributed by atoms with Crippen molar-refractivity contribution in [2.45, 2.75) is 17.9 Å². The molecule has 0 heterocycles. The highest BCUT2D eigenvalue weighted by Gasteiger charge is 2.00. The molecule has 0 aromatic heterocycles. The summed E-state index contributed by atoms with van der Waals surface area (Å²) in [6, 6.07) is 8.65. The van der Waals surface area contributed by atoms with Crippen LogP contribution in [0.15, 0.2) is 29.2 Å². The summed E-state index contributed by atoms with van der Waals surface area (Å²) < 4.78 is 0. The van der Waals surface area contributed by atoms with Crippen LogP contribution in [0, 0.1) is 0 Å². The maximum Gasteiger partial charge on any atom is 0.0266 e. The molecule has 3 heteroatoms. The van der Waals surface area contributed by atoms with Crippen LogP contribution in [0.3, 0.4) is 0 Å². The second kappa shape index (κ2) is 6.38. The number of hydrogen-bond donors (Lipinski definition) is 1. The molecule has 2 N–H and O–H groups in total. The van der Waals surface area contributed by atoms with Gasteiger partial charge in [0.1, 0.15) is 0 Å². The highest BCUT2D eigenvalue weighted by molar-refractivity contribution is 8.02. The van der Waals surface area contributed by atoms with Gasteiger partial charge in [-0.15, -0.1) is 11.8 Å². The highest BCUT2D eigenvalue weighted by Crippen LogP contribution is 2.22. The van der Waals surface area contributed by atoms with Gasteiger partial charge in [-0.25, -0.2) is 0 Å². The highest BCUT2D eigenvalue weighted by atomic mass is 32.2. The molecule has 1 rings (SSSR count). The summed E-state index contributed by atoms with van der Waals surface area (Å²) in [5.74, 6) is 2.37. The van der Waals surface area contributed by atoms with Gasteiger partial charge in [0.2, 0.25) is 0 Å². The van der Waals surface area contributed by atoms with Gasteiger partial charge in [0.15, 0.2) is 0 Å². The third-order valence-electron chi connectivity index (χ3n) is 1.94. The summed E-state index contributed by atoms with van der Waals surface area (Å²) in [4.78, 5) is 1.33. The van der Waals surface area contributed by atoms with E-state index in [1.165, 1.54) is 22.0 Å². The zero-order valence-electron chi connectivity index (χ0n) is 8.69. The van der Waals surface area contributed by atoms with E-state index in [-0.39, 0.29) is 6.04 Å². The van der Waals surface area contributed by atoms with Gasteiger partial charge >= 0.3 is 0 Å². The Morgan fingerprint density at radius 2 is 2.14 bits per heavy atom. The van der Waals surface area contributed by atoms with E-state index >= 15 is 0 Å². The second-order valence-electron chi connectivity index (χ2n) is 3.20. The quantitative estimate of drug-likeness (QED) is 0.618. The maximum absolute atomic E-state index is 5.82. The molecule has 0 saturated carbocycles. The molecule has 0 bridgehead atoms. The average Bonchev–Trinajstić information content (AvgIpc) is 2.19. The van der Waals surface area contributed by atoms with Crippen LogP contribution in [0.5, 0.6) is 0 Å². The predicted molar refractivity (Wildman–Crippen MR) is 68.2 cm³/mol. The van der Waals surface area contributed by atoms with E-state index < -0.39 is 0 Å².